The Bertz CT molecular complexity index is 872. The molecule has 0 bridgehead atoms. The summed E-state index contributed by atoms with van der Waals surface area (Å²) in [6.07, 6.45) is 7.07. The Kier molecular flexibility index (Phi) is 5.58. The Morgan fingerprint density at radius 2 is 1.92 bits per heavy atom. The van der Waals surface area contributed by atoms with E-state index >= 15 is 0 Å². The minimum atomic E-state index is -0.116. The average Bonchev–Trinajstić information content (AvgIpc) is 3.09. The van der Waals surface area contributed by atoms with Crippen molar-refractivity contribution in [2.75, 3.05) is 20.1 Å². The van der Waals surface area contributed by atoms with Crippen LogP contribution in [-0.4, -0.2) is 55.4 Å². The molecule has 0 saturated heterocycles. The molecule has 136 valence electrons. The minimum absolute atomic E-state index is 0.116. The molecular formula is C19H24N6O. The molecule has 0 spiro atoms. The van der Waals surface area contributed by atoms with E-state index in [0.717, 1.165) is 30.9 Å². The summed E-state index contributed by atoms with van der Waals surface area (Å²) in [7, 11) is 1.76. The number of carbonyl (C=O) groups excluding carboxylic acids is 1. The van der Waals surface area contributed by atoms with Crippen LogP contribution in [-0.2, 0) is 13.1 Å². The van der Waals surface area contributed by atoms with Crippen molar-refractivity contribution in [3.63, 3.8) is 0 Å². The smallest absolute Gasteiger partial charge is 0.259 e. The third-order valence-corrected chi connectivity index (χ3v) is 4.41. The number of aromatic nitrogens is 4. The van der Waals surface area contributed by atoms with Gasteiger partial charge in [0.2, 0.25) is 0 Å². The number of rotatable bonds is 7. The quantitative estimate of drug-likeness (QED) is 0.652. The summed E-state index contributed by atoms with van der Waals surface area (Å²) < 4.78 is 1.68. The Morgan fingerprint density at radius 3 is 2.62 bits per heavy atom. The average molecular weight is 352 g/mol. The van der Waals surface area contributed by atoms with Gasteiger partial charge in [0, 0.05) is 37.7 Å². The van der Waals surface area contributed by atoms with Gasteiger partial charge in [-0.1, -0.05) is 19.9 Å². The highest BCUT2D eigenvalue weighted by Crippen LogP contribution is 2.13. The SMILES string of the molecule is CCN(CC)Cc1cnc2c(C(=O)N(C)Cc3ccccn3)cnn2c1. The molecule has 0 fully saturated rings. The first-order valence-electron chi connectivity index (χ1n) is 8.82. The summed E-state index contributed by atoms with van der Waals surface area (Å²) in [5, 5.41) is 4.32. The second kappa shape index (κ2) is 8.05. The van der Waals surface area contributed by atoms with Crippen LogP contribution in [0.4, 0.5) is 0 Å². The van der Waals surface area contributed by atoms with Gasteiger partial charge in [0.1, 0.15) is 5.56 Å². The van der Waals surface area contributed by atoms with Crippen LogP contribution in [0.5, 0.6) is 0 Å². The molecule has 0 aromatic carbocycles. The molecule has 0 atom stereocenters. The highest BCUT2D eigenvalue weighted by atomic mass is 16.2. The molecular weight excluding hydrogens is 328 g/mol. The van der Waals surface area contributed by atoms with E-state index in [2.05, 4.69) is 33.8 Å². The number of amides is 1. The predicted octanol–water partition coefficient (Wildman–Crippen LogP) is 2.24. The molecule has 0 aliphatic rings. The van der Waals surface area contributed by atoms with Crippen molar-refractivity contribution in [1.82, 2.24) is 29.4 Å². The number of pyridine rings is 1. The lowest BCUT2D eigenvalue weighted by Crippen LogP contribution is -2.26. The molecule has 0 aliphatic heterocycles. The van der Waals surface area contributed by atoms with Crippen LogP contribution in [0.2, 0.25) is 0 Å². The van der Waals surface area contributed by atoms with Crippen molar-refractivity contribution < 1.29 is 4.79 Å². The first kappa shape index (κ1) is 18.0. The van der Waals surface area contributed by atoms with E-state index in [1.54, 1.807) is 28.9 Å². The van der Waals surface area contributed by atoms with Gasteiger partial charge in [0.25, 0.3) is 5.91 Å². The summed E-state index contributed by atoms with van der Waals surface area (Å²) >= 11 is 0. The molecule has 3 aromatic heterocycles. The van der Waals surface area contributed by atoms with Gasteiger partial charge in [-0.05, 0) is 25.2 Å². The van der Waals surface area contributed by atoms with E-state index in [-0.39, 0.29) is 5.91 Å². The van der Waals surface area contributed by atoms with E-state index in [1.807, 2.05) is 30.6 Å². The van der Waals surface area contributed by atoms with Crippen molar-refractivity contribution >= 4 is 11.6 Å². The van der Waals surface area contributed by atoms with E-state index < -0.39 is 0 Å². The van der Waals surface area contributed by atoms with Crippen LogP contribution in [0.25, 0.3) is 5.65 Å². The van der Waals surface area contributed by atoms with Gasteiger partial charge >= 0.3 is 0 Å². The molecule has 26 heavy (non-hydrogen) atoms. The topological polar surface area (TPSA) is 66.6 Å². The number of fused-ring (bicyclic) bond motifs is 1. The Morgan fingerprint density at radius 1 is 1.12 bits per heavy atom. The molecule has 0 N–H and O–H groups in total. The minimum Gasteiger partial charge on any atom is -0.336 e. The fourth-order valence-electron chi connectivity index (χ4n) is 2.86. The molecule has 7 heteroatoms. The summed E-state index contributed by atoms with van der Waals surface area (Å²) in [6, 6.07) is 5.67. The maximum atomic E-state index is 12.8. The molecule has 3 aromatic rings. The normalized spacial score (nSPS) is 11.2. The zero-order valence-corrected chi connectivity index (χ0v) is 15.5. The van der Waals surface area contributed by atoms with E-state index in [1.165, 1.54) is 0 Å². The number of carbonyl (C=O) groups is 1. The zero-order chi connectivity index (χ0) is 18.5. The molecule has 0 radical (unpaired) electrons. The van der Waals surface area contributed by atoms with Gasteiger partial charge in [0.15, 0.2) is 5.65 Å². The number of hydrogen-bond donors (Lipinski definition) is 0. The van der Waals surface area contributed by atoms with Gasteiger partial charge < -0.3 is 4.90 Å². The number of nitrogens with zero attached hydrogens (tertiary/aromatic N) is 6. The molecule has 1 amide bonds. The third-order valence-electron chi connectivity index (χ3n) is 4.41. The van der Waals surface area contributed by atoms with Crippen LogP contribution in [0.15, 0.2) is 43.0 Å². The van der Waals surface area contributed by atoms with E-state index in [4.69, 9.17) is 0 Å². The van der Waals surface area contributed by atoms with E-state index in [9.17, 15) is 4.79 Å². The predicted molar refractivity (Wildman–Crippen MR) is 99.6 cm³/mol. The van der Waals surface area contributed by atoms with Gasteiger partial charge in [-0.3, -0.25) is 14.7 Å². The second-order valence-electron chi connectivity index (χ2n) is 6.23. The Hall–Kier alpha value is -2.80. The molecule has 0 unspecified atom stereocenters. The maximum absolute atomic E-state index is 12.8. The fraction of sp³-hybridized carbons (Fsp3) is 0.368. The number of hydrogen-bond acceptors (Lipinski definition) is 5. The van der Waals surface area contributed by atoms with Crippen molar-refractivity contribution in [2.24, 2.45) is 0 Å². The lowest BCUT2D eigenvalue weighted by molar-refractivity contribution is 0.0785. The molecule has 3 rings (SSSR count). The highest BCUT2D eigenvalue weighted by molar-refractivity contribution is 5.99. The van der Waals surface area contributed by atoms with Crippen molar-refractivity contribution in [3.8, 4) is 0 Å². The zero-order valence-electron chi connectivity index (χ0n) is 15.5. The lowest BCUT2D eigenvalue weighted by atomic mass is 10.2. The fourth-order valence-corrected chi connectivity index (χ4v) is 2.86. The molecule has 7 nitrogen and oxygen atoms in total. The summed E-state index contributed by atoms with van der Waals surface area (Å²) in [4.78, 5) is 25.5. The second-order valence-corrected chi connectivity index (χ2v) is 6.23. The van der Waals surface area contributed by atoms with Crippen LogP contribution < -0.4 is 0 Å². The largest absolute Gasteiger partial charge is 0.336 e. The van der Waals surface area contributed by atoms with E-state index in [0.29, 0.717) is 17.8 Å². The van der Waals surface area contributed by atoms with Gasteiger partial charge in [-0.25, -0.2) is 9.50 Å². The monoisotopic (exact) mass is 352 g/mol. The summed E-state index contributed by atoms with van der Waals surface area (Å²) in [5.74, 6) is -0.116. The van der Waals surface area contributed by atoms with Gasteiger partial charge in [0.05, 0.1) is 18.4 Å². The van der Waals surface area contributed by atoms with Crippen molar-refractivity contribution in [2.45, 2.75) is 26.9 Å². The Balaban J connectivity index is 1.78. The van der Waals surface area contributed by atoms with Crippen LogP contribution in [0.3, 0.4) is 0 Å². The van der Waals surface area contributed by atoms with Crippen molar-refractivity contribution in [1.29, 1.82) is 0 Å². The van der Waals surface area contributed by atoms with Gasteiger partial charge in [-0.2, -0.15) is 5.10 Å². The lowest BCUT2D eigenvalue weighted by Gasteiger charge is -2.17. The Labute approximate surface area is 153 Å². The van der Waals surface area contributed by atoms with Crippen LogP contribution >= 0.6 is 0 Å². The van der Waals surface area contributed by atoms with Gasteiger partial charge in [-0.15, -0.1) is 0 Å². The van der Waals surface area contributed by atoms with Crippen molar-refractivity contribution in [3.05, 3.63) is 59.8 Å². The molecule has 0 saturated carbocycles. The third kappa shape index (κ3) is 3.88. The van der Waals surface area contributed by atoms with Crippen LogP contribution in [0, 0.1) is 0 Å². The summed E-state index contributed by atoms with van der Waals surface area (Å²) in [6.45, 7) is 7.50. The highest BCUT2D eigenvalue weighted by Gasteiger charge is 2.18. The first-order chi connectivity index (χ1) is 12.6. The standard InChI is InChI=1S/C19H24N6O/c1-4-24(5-2)12-15-10-21-18-17(11-22-25(18)13-15)19(26)23(3)14-16-8-6-7-9-20-16/h6-11,13H,4-5,12,14H2,1-3H3. The molecule has 3 heterocycles. The summed E-state index contributed by atoms with van der Waals surface area (Å²) in [5.41, 5.74) is 2.99. The first-order valence-corrected chi connectivity index (χ1v) is 8.82. The maximum Gasteiger partial charge on any atom is 0.259 e. The molecule has 0 aliphatic carbocycles. The van der Waals surface area contributed by atoms with Crippen LogP contribution in [0.1, 0.15) is 35.5 Å².